The topological polar surface area (TPSA) is 70.2 Å². The summed E-state index contributed by atoms with van der Waals surface area (Å²) in [6.45, 7) is 18.8. The van der Waals surface area contributed by atoms with E-state index in [1.54, 1.807) is 0 Å². The van der Waals surface area contributed by atoms with E-state index in [2.05, 4.69) is 73.4 Å². The summed E-state index contributed by atoms with van der Waals surface area (Å²) in [5.74, 6) is -0.148. The summed E-state index contributed by atoms with van der Waals surface area (Å²) in [6, 6.07) is 3.16. The van der Waals surface area contributed by atoms with Gasteiger partial charge < -0.3 is 10.1 Å². The molecule has 0 spiro atoms. The average Bonchev–Trinajstić information content (AvgIpc) is 2.52. The molecule has 142 valence electrons. The Labute approximate surface area is 155 Å². The van der Waals surface area contributed by atoms with Crippen molar-refractivity contribution in [1.82, 2.24) is 4.98 Å². The van der Waals surface area contributed by atoms with Crippen LogP contribution in [0, 0.1) is 0 Å². The smallest absolute Gasteiger partial charge is 0.296 e. The molecular formula is C22H31NO3. The first-order valence-electron chi connectivity index (χ1n) is 9.04. The van der Waals surface area contributed by atoms with Crippen LogP contribution in [0.5, 0.6) is 5.75 Å². The van der Waals surface area contributed by atoms with Gasteiger partial charge in [0.1, 0.15) is 5.75 Å². The highest BCUT2D eigenvalue weighted by molar-refractivity contribution is 5.93. The molecule has 0 aliphatic heterocycles. The monoisotopic (exact) mass is 357 g/mol. The van der Waals surface area contributed by atoms with Crippen molar-refractivity contribution < 1.29 is 5.11 Å². The number of benzene rings is 1. The minimum absolute atomic E-state index is 0.148. The summed E-state index contributed by atoms with van der Waals surface area (Å²) < 4.78 is 0. The third-order valence-electron chi connectivity index (χ3n) is 4.68. The number of aromatic amines is 1. The molecule has 2 rings (SSSR count). The molecule has 4 nitrogen and oxygen atoms in total. The third-order valence-corrected chi connectivity index (χ3v) is 4.68. The number of aromatic hydroxyl groups is 1. The lowest BCUT2D eigenvalue weighted by atomic mass is 9.70. The molecule has 0 radical (unpaired) electrons. The Kier molecular flexibility index (Phi) is 4.64. The molecule has 1 heterocycles. The van der Waals surface area contributed by atoms with Crippen LogP contribution in [0.15, 0.2) is 21.7 Å². The predicted molar refractivity (Wildman–Crippen MR) is 109 cm³/mol. The van der Waals surface area contributed by atoms with Crippen LogP contribution < -0.4 is 11.0 Å². The fraction of sp³-hybridized carbons (Fsp3) is 0.545. The second-order valence-corrected chi connectivity index (χ2v) is 10.2. The Hall–Kier alpha value is -2.10. The highest BCUT2D eigenvalue weighted by Crippen LogP contribution is 2.44. The van der Waals surface area contributed by atoms with Gasteiger partial charge in [0, 0.05) is 11.5 Å². The minimum Gasteiger partial charge on any atom is -0.507 e. The highest BCUT2D eigenvalue weighted by Gasteiger charge is 2.32. The van der Waals surface area contributed by atoms with Crippen LogP contribution in [-0.4, -0.2) is 10.1 Å². The Balaban J connectivity index is 3.37. The maximum absolute atomic E-state index is 12.2. The summed E-state index contributed by atoms with van der Waals surface area (Å²) in [4.78, 5) is 27.0. The van der Waals surface area contributed by atoms with Gasteiger partial charge in [0.15, 0.2) is 0 Å². The van der Waals surface area contributed by atoms with Crippen molar-refractivity contribution in [2.45, 2.75) is 78.6 Å². The van der Waals surface area contributed by atoms with Gasteiger partial charge in [0.05, 0.1) is 5.52 Å². The maximum atomic E-state index is 12.2. The van der Waals surface area contributed by atoms with Crippen LogP contribution in [0.3, 0.4) is 0 Å². The fourth-order valence-electron chi connectivity index (χ4n) is 3.47. The number of aromatic nitrogens is 1. The molecule has 2 aromatic rings. The Morgan fingerprint density at radius 1 is 0.769 bits per heavy atom. The molecule has 0 aliphatic carbocycles. The van der Waals surface area contributed by atoms with E-state index < -0.39 is 11.0 Å². The van der Waals surface area contributed by atoms with E-state index in [9.17, 15) is 14.7 Å². The number of fused-ring (bicyclic) bond motifs is 1. The molecule has 1 aromatic carbocycles. The van der Waals surface area contributed by atoms with E-state index in [4.69, 9.17) is 0 Å². The first-order valence-corrected chi connectivity index (χ1v) is 9.04. The van der Waals surface area contributed by atoms with Crippen molar-refractivity contribution in [3.05, 3.63) is 49.4 Å². The molecule has 0 atom stereocenters. The van der Waals surface area contributed by atoms with E-state index >= 15 is 0 Å². The SMILES string of the molecule is CC(C)(C)c1cc(C(C)(C)C)c2[nH]c(=O)c(=O)cc(O)c2c1C(C)(C)C. The number of hydrogen-bond donors (Lipinski definition) is 2. The Bertz CT molecular complexity index is 978. The number of hydrogen-bond acceptors (Lipinski definition) is 3. The van der Waals surface area contributed by atoms with Crippen molar-refractivity contribution in [3.8, 4) is 5.75 Å². The lowest BCUT2D eigenvalue weighted by Gasteiger charge is -2.34. The van der Waals surface area contributed by atoms with Crippen molar-refractivity contribution in [2.75, 3.05) is 0 Å². The molecule has 4 heteroatoms. The number of H-pyrrole nitrogens is 1. The summed E-state index contributed by atoms with van der Waals surface area (Å²) in [6.07, 6.45) is 0. The van der Waals surface area contributed by atoms with Gasteiger partial charge in [-0.15, -0.1) is 0 Å². The molecular weight excluding hydrogens is 326 g/mol. The lowest BCUT2D eigenvalue weighted by Crippen LogP contribution is -2.26. The first kappa shape index (κ1) is 20.2. The average molecular weight is 357 g/mol. The molecule has 0 amide bonds. The van der Waals surface area contributed by atoms with Crippen LogP contribution >= 0.6 is 0 Å². The minimum atomic E-state index is -0.740. The quantitative estimate of drug-likeness (QED) is 0.683. The van der Waals surface area contributed by atoms with Crippen molar-refractivity contribution in [1.29, 1.82) is 0 Å². The van der Waals surface area contributed by atoms with Gasteiger partial charge in [-0.05, 0) is 32.9 Å². The number of nitrogens with one attached hydrogen (secondary N) is 1. The Morgan fingerprint density at radius 2 is 1.27 bits per heavy atom. The zero-order valence-corrected chi connectivity index (χ0v) is 17.4. The van der Waals surface area contributed by atoms with Crippen LogP contribution in [-0.2, 0) is 16.2 Å². The van der Waals surface area contributed by atoms with Crippen molar-refractivity contribution >= 4 is 10.9 Å². The molecule has 0 unspecified atom stereocenters. The maximum Gasteiger partial charge on any atom is 0.296 e. The largest absolute Gasteiger partial charge is 0.507 e. The van der Waals surface area contributed by atoms with Gasteiger partial charge >= 0.3 is 0 Å². The molecule has 0 aliphatic rings. The van der Waals surface area contributed by atoms with Crippen LogP contribution in [0.2, 0.25) is 0 Å². The molecule has 0 saturated carbocycles. The van der Waals surface area contributed by atoms with E-state index in [1.165, 1.54) is 0 Å². The zero-order chi connectivity index (χ0) is 20.2. The fourth-order valence-corrected chi connectivity index (χ4v) is 3.47. The van der Waals surface area contributed by atoms with Gasteiger partial charge in [0.25, 0.3) is 5.56 Å². The molecule has 0 bridgehead atoms. The van der Waals surface area contributed by atoms with E-state index in [1.807, 2.05) is 0 Å². The third kappa shape index (κ3) is 3.55. The van der Waals surface area contributed by atoms with Crippen LogP contribution in [0.4, 0.5) is 0 Å². The second kappa shape index (κ2) is 5.97. The van der Waals surface area contributed by atoms with Gasteiger partial charge in [-0.3, -0.25) is 9.59 Å². The van der Waals surface area contributed by atoms with Gasteiger partial charge in [-0.2, -0.15) is 0 Å². The summed E-state index contributed by atoms with van der Waals surface area (Å²) in [7, 11) is 0. The number of rotatable bonds is 0. The van der Waals surface area contributed by atoms with Gasteiger partial charge in [0.2, 0.25) is 5.43 Å². The summed E-state index contributed by atoms with van der Waals surface area (Å²) >= 11 is 0. The second-order valence-electron chi connectivity index (χ2n) is 10.2. The molecule has 0 fully saturated rings. The standard InChI is InChI=1S/C22H31NO3/c1-20(2,3)12-10-13(21(4,5)6)18-16(17(12)22(7,8)9)14(24)11-15(25)19(26)23-18/h10-11,24H,1-9H3,(H,23,25,26). The van der Waals surface area contributed by atoms with E-state index in [0.717, 1.165) is 22.8 Å². The zero-order valence-electron chi connectivity index (χ0n) is 17.4. The summed E-state index contributed by atoms with van der Waals surface area (Å²) in [5, 5.41) is 11.4. The molecule has 0 saturated heterocycles. The first-order chi connectivity index (χ1) is 11.5. The van der Waals surface area contributed by atoms with Crippen LogP contribution in [0.1, 0.15) is 79.0 Å². The highest BCUT2D eigenvalue weighted by atomic mass is 16.3. The van der Waals surface area contributed by atoms with Crippen molar-refractivity contribution in [2.24, 2.45) is 0 Å². The predicted octanol–water partition coefficient (Wildman–Crippen LogP) is 4.49. The normalized spacial score (nSPS) is 13.3. The van der Waals surface area contributed by atoms with E-state index in [0.29, 0.717) is 10.9 Å². The molecule has 2 N–H and O–H groups in total. The molecule has 1 aromatic heterocycles. The molecule has 26 heavy (non-hydrogen) atoms. The van der Waals surface area contributed by atoms with Gasteiger partial charge in [-0.25, -0.2) is 0 Å². The Morgan fingerprint density at radius 3 is 1.69 bits per heavy atom. The summed E-state index contributed by atoms with van der Waals surface area (Å²) in [5.41, 5.74) is 1.32. The van der Waals surface area contributed by atoms with E-state index in [-0.39, 0.29) is 22.0 Å². The van der Waals surface area contributed by atoms with Crippen molar-refractivity contribution in [3.63, 3.8) is 0 Å². The van der Waals surface area contributed by atoms with Gasteiger partial charge in [-0.1, -0.05) is 68.4 Å². The lowest BCUT2D eigenvalue weighted by molar-refractivity contribution is 0.477. The van der Waals surface area contributed by atoms with Crippen LogP contribution in [0.25, 0.3) is 10.9 Å².